The zero-order chi connectivity index (χ0) is 17.3. The van der Waals surface area contributed by atoms with Crippen LogP contribution in [0, 0.1) is 34.5 Å². The largest absolute Gasteiger partial charge is 0.393 e. The minimum Gasteiger partial charge on any atom is -0.393 e. The van der Waals surface area contributed by atoms with Crippen LogP contribution < -0.4 is 0 Å². The molecule has 24 heavy (non-hydrogen) atoms. The number of carbonyl (C=O) groups excluding carboxylic acids is 1. The van der Waals surface area contributed by atoms with Gasteiger partial charge in [0.1, 0.15) is 5.78 Å². The van der Waals surface area contributed by atoms with Gasteiger partial charge in [-0.15, -0.1) is 0 Å². The van der Waals surface area contributed by atoms with Gasteiger partial charge in [0, 0.05) is 5.92 Å². The molecule has 0 aromatic heterocycles. The second-order valence-electron chi connectivity index (χ2n) is 9.59. The van der Waals surface area contributed by atoms with Gasteiger partial charge in [0.25, 0.3) is 0 Å². The zero-order valence-electron chi connectivity index (χ0n) is 15.3. The van der Waals surface area contributed by atoms with Gasteiger partial charge in [0.05, 0.1) is 12.2 Å². The predicted molar refractivity (Wildman–Crippen MR) is 93.3 cm³/mol. The van der Waals surface area contributed by atoms with Crippen LogP contribution in [0.15, 0.2) is 11.6 Å². The minimum absolute atomic E-state index is 0.0255. The van der Waals surface area contributed by atoms with Crippen LogP contribution in [0.25, 0.3) is 0 Å². The molecule has 0 aliphatic heterocycles. The molecule has 0 bridgehead atoms. The van der Waals surface area contributed by atoms with Crippen molar-refractivity contribution in [1.29, 1.82) is 0 Å². The third-order valence-corrected chi connectivity index (χ3v) is 8.54. The fourth-order valence-corrected chi connectivity index (χ4v) is 7.39. The summed E-state index contributed by atoms with van der Waals surface area (Å²) in [6.45, 7) is 6.34. The Morgan fingerprint density at radius 2 is 1.92 bits per heavy atom. The second kappa shape index (κ2) is 5.41. The summed E-state index contributed by atoms with van der Waals surface area (Å²) < 4.78 is 0. The van der Waals surface area contributed by atoms with Gasteiger partial charge in [0.2, 0.25) is 0 Å². The molecule has 0 aromatic rings. The number of ketones is 1. The van der Waals surface area contributed by atoms with Crippen molar-refractivity contribution in [3.05, 3.63) is 11.6 Å². The van der Waals surface area contributed by atoms with E-state index in [1.54, 1.807) is 6.92 Å². The van der Waals surface area contributed by atoms with Crippen molar-refractivity contribution in [2.24, 2.45) is 34.5 Å². The van der Waals surface area contributed by atoms with Crippen LogP contribution >= 0.6 is 0 Å². The highest BCUT2D eigenvalue weighted by Gasteiger charge is 2.61. The Morgan fingerprint density at radius 1 is 1.17 bits per heavy atom. The summed E-state index contributed by atoms with van der Waals surface area (Å²) in [7, 11) is 0. The zero-order valence-corrected chi connectivity index (χ0v) is 15.3. The number of carbonyl (C=O) groups is 1. The van der Waals surface area contributed by atoms with Crippen LogP contribution in [0.4, 0.5) is 0 Å². The van der Waals surface area contributed by atoms with E-state index in [2.05, 4.69) is 19.9 Å². The van der Waals surface area contributed by atoms with Gasteiger partial charge in [-0.05, 0) is 80.5 Å². The van der Waals surface area contributed by atoms with Crippen LogP contribution in [0.3, 0.4) is 0 Å². The number of fused-ring (bicyclic) bond motifs is 5. The van der Waals surface area contributed by atoms with Crippen molar-refractivity contribution in [3.8, 4) is 0 Å². The monoisotopic (exact) mass is 332 g/mol. The summed E-state index contributed by atoms with van der Waals surface area (Å²) in [5, 5.41) is 20.7. The maximum Gasteiger partial charge on any atom is 0.136 e. The number of rotatable bonds is 1. The highest BCUT2D eigenvalue weighted by molar-refractivity contribution is 5.80. The lowest BCUT2D eigenvalue weighted by atomic mass is 9.47. The first-order valence-corrected chi connectivity index (χ1v) is 9.83. The van der Waals surface area contributed by atoms with E-state index in [4.69, 9.17) is 0 Å². The van der Waals surface area contributed by atoms with E-state index >= 15 is 0 Å². The average Bonchev–Trinajstić information content (AvgIpc) is 2.78. The highest BCUT2D eigenvalue weighted by Crippen LogP contribution is 2.66. The first-order chi connectivity index (χ1) is 11.3. The average molecular weight is 332 g/mol. The molecule has 3 saturated carbocycles. The van der Waals surface area contributed by atoms with E-state index in [9.17, 15) is 15.0 Å². The Bertz CT molecular complexity index is 582. The van der Waals surface area contributed by atoms with E-state index < -0.39 is 6.10 Å². The van der Waals surface area contributed by atoms with E-state index in [1.807, 2.05) is 0 Å². The van der Waals surface area contributed by atoms with Crippen molar-refractivity contribution in [3.63, 3.8) is 0 Å². The van der Waals surface area contributed by atoms with Crippen LogP contribution in [0.1, 0.15) is 65.7 Å². The van der Waals surface area contributed by atoms with Gasteiger partial charge in [-0.3, -0.25) is 4.79 Å². The van der Waals surface area contributed by atoms with Crippen molar-refractivity contribution < 1.29 is 15.0 Å². The molecular formula is C21H32O3. The highest BCUT2D eigenvalue weighted by atomic mass is 16.3. The molecule has 0 radical (unpaired) electrons. The van der Waals surface area contributed by atoms with Crippen LogP contribution in [-0.2, 0) is 4.79 Å². The number of aliphatic hydroxyl groups excluding tert-OH is 2. The van der Waals surface area contributed by atoms with Crippen molar-refractivity contribution in [2.75, 3.05) is 0 Å². The summed E-state index contributed by atoms with van der Waals surface area (Å²) in [4.78, 5) is 12.2. The Balaban J connectivity index is 1.68. The molecule has 0 amide bonds. The number of Topliss-reactive ketones (excluding diaryl/α,β-unsaturated/α-hetero) is 1. The lowest BCUT2D eigenvalue weighted by molar-refractivity contribution is -0.130. The molecule has 0 spiro atoms. The Morgan fingerprint density at radius 3 is 2.62 bits per heavy atom. The molecule has 4 aliphatic carbocycles. The van der Waals surface area contributed by atoms with Gasteiger partial charge >= 0.3 is 0 Å². The maximum absolute atomic E-state index is 12.2. The fraction of sp³-hybridized carbons (Fsp3) is 0.857. The standard InChI is InChI=1S/C21H32O3/c1-12(22)19-18(24)11-17-15-5-4-13-10-14(23)6-8-20(13,2)16(15)7-9-21(17,19)3/h4,14-19,23-24H,5-11H2,1-3H3/t14-,15-,16-,17-,18-,19-,20+,21-/m1/s1. The van der Waals surface area contributed by atoms with Gasteiger partial charge in [-0.2, -0.15) is 0 Å². The first-order valence-electron chi connectivity index (χ1n) is 9.83. The number of aliphatic hydroxyl groups is 2. The van der Waals surface area contributed by atoms with Gasteiger partial charge in [0.15, 0.2) is 0 Å². The molecule has 2 N–H and O–H groups in total. The van der Waals surface area contributed by atoms with Crippen molar-refractivity contribution in [1.82, 2.24) is 0 Å². The predicted octanol–water partition coefficient (Wildman–Crippen LogP) is 3.49. The summed E-state index contributed by atoms with van der Waals surface area (Å²) in [6.07, 6.45) is 8.73. The molecule has 0 saturated heterocycles. The molecule has 4 aliphatic rings. The van der Waals surface area contributed by atoms with Gasteiger partial charge in [-0.25, -0.2) is 0 Å². The molecule has 8 atom stereocenters. The lowest BCUT2D eigenvalue weighted by Gasteiger charge is -2.57. The maximum atomic E-state index is 12.2. The molecule has 0 unspecified atom stereocenters. The van der Waals surface area contributed by atoms with Crippen molar-refractivity contribution in [2.45, 2.75) is 77.9 Å². The van der Waals surface area contributed by atoms with Crippen LogP contribution in [0.2, 0.25) is 0 Å². The van der Waals surface area contributed by atoms with E-state index in [0.29, 0.717) is 17.8 Å². The van der Waals surface area contributed by atoms with Crippen molar-refractivity contribution >= 4 is 5.78 Å². The molecule has 0 aromatic carbocycles. The van der Waals surface area contributed by atoms with Gasteiger partial charge < -0.3 is 10.2 Å². The third kappa shape index (κ3) is 2.13. The van der Waals surface area contributed by atoms with Crippen LogP contribution in [-0.4, -0.2) is 28.2 Å². The molecule has 3 heteroatoms. The molecule has 0 heterocycles. The topological polar surface area (TPSA) is 57.5 Å². The summed E-state index contributed by atoms with van der Waals surface area (Å²) >= 11 is 0. The number of allylic oxidation sites excluding steroid dienone is 1. The van der Waals surface area contributed by atoms with E-state index in [-0.39, 0.29) is 28.6 Å². The van der Waals surface area contributed by atoms with Crippen LogP contribution in [0.5, 0.6) is 0 Å². The molecule has 134 valence electrons. The first kappa shape index (κ1) is 16.8. The second-order valence-corrected chi connectivity index (χ2v) is 9.59. The molecular weight excluding hydrogens is 300 g/mol. The Labute approximate surface area is 145 Å². The molecule has 3 fully saturated rings. The lowest BCUT2D eigenvalue weighted by Crippen LogP contribution is -2.51. The summed E-state index contributed by atoms with van der Waals surface area (Å²) in [5.74, 6) is 1.70. The minimum atomic E-state index is -0.456. The SMILES string of the molecule is CC(=O)[C@@H]1[C@H](O)C[C@@H]2[C@@H]3CC=C4C[C@H](O)CC[C@]4(C)[C@@H]3CC[C@]21C. The summed E-state index contributed by atoms with van der Waals surface area (Å²) in [5.41, 5.74) is 1.68. The van der Waals surface area contributed by atoms with E-state index in [0.717, 1.165) is 44.9 Å². The van der Waals surface area contributed by atoms with Gasteiger partial charge in [-0.1, -0.05) is 25.5 Å². The number of hydrogen-bond acceptors (Lipinski definition) is 3. The smallest absolute Gasteiger partial charge is 0.136 e. The Kier molecular flexibility index (Phi) is 3.78. The quantitative estimate of drug-likeness (QED) is 0.723. The van der Waals surface area contributed by atoms with E-state index in [1.165, 1.54) is 5.57 Å². The number of hydrogen-bond donors (Lipinski definition) is 2. The molecule has 4 rings (SSSR count). The summed E-state index contributed by atoms with van der Waals surface area (Å²) in [6, 6.07) is 0. The fourth-order valence-electron chi connectivity index (χ4n) is 7.39. The Hall–Kier alpha value is -0.670. The normalized spacial score (nSPS) is 53.6. The molecule has 3 nitrogen and oxygen atoms in total. The third-order valence-electron chi connectivity index (χ3n) is 8.54.